The predicted molar refractivity (Wildman–Crippen MR) is 128 cm³/mol. The maximum absolute atomic E-state index is 13.3. The Morgan fingerprint density at radius 3 is 2.19 bits per heavy atom. The van der Waals surface area contributed by atoms with Crippen LogP contribution in [0.2, 0.25) is 10.0 Å². The Balaban J connectivity index is 1.81. The van der Waals surface area contributed by atoms with Gasteiger partial charge in [0.25, 0.3) is 5.91 Å². The Labute approximate surface area is 197 Å². The molecule has 7 heteroatoms. The lowest BCUT2D eigenvalue weighted by Gasteiger charge is -2.30. The van der Waals surface area contributed by atoms with Crippen LogP contribution in [0.5, 0.6) is 0 Å². The van der Waals surface area contributed by atoms with Crippen molar-refractivity contribution in [3.8, 4) is 0 Å². The van der Waals surface area contributed by atoms with Crippen molar-refractivity contribution in [3.05, 3.63) is 92.1 Å². The molecule has 0 N–H and O–H groups in total. The van der Waals surface area contributed by atoms with Crippen LogP contribution in [-0.2, 0) is 17.9 Å². The summed E-state index contributed by atoms with van der Waals surface area (Å²) in [6.07, 6.45) is 0. The van der Waals surface area contributed by atoms with Crippen LogP contribution in [0.4, 0.5) is 0 Å². The molecule has 3 aromatic rings. The second-order valence-electron chi connectivity index (χ2n) is 7.50. The van der Waals surface area contributed by atoms with Gasteiger partial charge < -0.3 is 9.80 Å². The average Bonchev–Trinajstić information content (AvgIpc) is 3.24. The van der Waals surface area contributed by atoms with Gasteiger partial charge in [0.1, 0.15) is 6.54 Å². The van der Waals surface area contributed by atoms with Crippen molar-refractivity contribution in [1.82, 2.24) is 9.80 Å². The van der Waals surface area contributed by atoms with Crippen LogP contribution < -0.4 is 0 Å². The van der Waals surface area contributed by atoms with Gasteiger partial charge in [-0.25, -0.2) is 0 Å². The van der Waals surface area contributed by atoms with Gasteiger partial charge in [-0.15, -0.1) is 11.3 Å². The fourth-order valence-corrected chi connectivity index (χ4v) is 4.45. The summed E-state index contributed by atoms with van der Waals surface area (Å²) in [6, 6.07) is 18.4. The van der Waals surface area contributed by atoms with Crippen molar-refractivity contribution in [3.63, 3.8) is 0 Å². The van der Waals surface area contributed by atoms with E-state index in [0.717, 1.165) is 10.4 Å². The molecule has 0 spiro atoms. The monoisotopic (exact) mass is 474 g/mol. The summed E-state index contributed by atoms with van der Waals surface area (Å²) in [5.74, 6) is -0.393. The van der Waals surface area contributed by atoms with E-state index in [-0.39, 0.29) is 24.4 Å². The van der Waals surface area contributed by atoms with Gasteiger partial charge in [-0.1, -0.05) is 59.6 Å². The van der Waals surface area contributed by atoms with Crippen LogP contribution in [0, 0.1) is 0 Å². The molecule has 0 unspecified atom stereocenters. The van der Waals surface area contributed by atoms with Gasteiger partial charge in [0.05, 0.1) is 6.54 Å². The molecule has 2 aromatic carbocycles. The zero-order valence-electron chi connectivity index (χ0n) is 17.4. The molecule has 2 amide bonds. The lowest BCUT2D eigenvalue weighted by atomic mass is 10.1. The number of halogens is 2. The summed E-state index contributed by atoms with van der Waals surface area (Å²) in [6.45, 7) is 4.71. The normalized spacial score (nSPS) is 10.9. The zero-order valence-corrected chi connectivity index (χ0v) is 19.8. The van der Waals surface area contributed by atoms with Crippen molar-refractivity contribution in [2.75, 3.05) is 6.54 Å². The third kappa shape index (κ3) is 6.57. The number of carbonyl (C=O) groups excluding carboxylic acids is 2. The van der Waals surface area contributed by atoms with Crippen LogP contribution in [0.1, 0.15) is 34.6 Å². The Morgan fingerprint density at radius 1 is 0.935 bits per heavy atom. The fourth-order valence-electron chi connectivity index (χ4n) is 3.20. The molecule has 0 atom stereocenters. The molecule has 162 valence electrons. The van der Waals surface area contributed by atoms with Gasteiger partial charge in [0.2, 0.25) is 5.91 Å². The van der Waals surface area contributed by atoms with Crippen molar-refractivity contribution in [2.45, 2.75) is 33.0 Å². The summed E-state index contributed by atoms with van der Waals surface area (Å²) in [7, 11) is 0. The number of benzene rings is 2. The molecule has 0 bridgehead atoms. The highest BCUT2D eigenvalue weighted by molar-refractivity contribution is 7.09. The highest BCUT2D eigenvalue weighted by atomic mass is 35.5. The number of hydrogen-bond acceptors (Lipinski definition) is 3. The molecule has 0 saturated carbocycles. The molecule has 1 heterocycles. The number of hydrogen-bond donors (Lipinski definition) is 0. The van der Waals surface area contributed by atoms with E-state index in [4.69, 9.17) is 23.2 Å². The van der Waals surface area contributed by atoms with E-state index in [0.29, 0.717) is 28.7 Å². The maximum Gasteiger partial charge on any atom is 0.254 e. The van der Waals surface area contributed by atoms with E-state index in [1.54, 1.807) is 39.3 Å². The number of amides is 2. The first-order chi connectivity index (χ1) is 14.8. The average molecular weight is 475 g/mol. The van der Waals surface area contributed by atoms with Crippen LogP contribution >= 0.6 is 34.5 Å². The summed E-state index contributed by atoms with van der Waals surface area (Å²) in [5, 5.41) is 2.76. The number of nitrogens with zero attached hydrogens (tertiary/aromatic N) is 2. The van der Waals surface area contributed by atoms with Crippen LogP contribution in [-0.4, -0.2) is 34.2 Å². The lowest BCUT2D eigenvalue weighted by molar-refractivity contribution is -0.133. The minimum atomic E-state index is -0.275. The van der Waals surface area contributed by atoms with E-state index in [1.165, 1.54) is 0 Å². The van der Waals surface area contributed by atoms with Crippen molar-refractivity contribution in [1.29, 1.82) is 0 Å². The molecular weight excluding hydrogens is 451 g/mol. The first-order valence-electron chi connectivity index (χ1n) is 9.94. The Morgan fingerprint density at radius 2 is 1.61 bits per heavy atom. The number of rotatable bonds is 8. The summed E-state index contributed by atoms with van der Waals surface area (Å²) >= 11 is 13.8. The summed E-state index contributed by atoms with van der Waals surface area (Å²) in [5.41, 5.74) is 1.41. The van der Waals surface area contributed by atoms with E-state index < -0.39 is 0 Å². The predicted octanol–water partition coefficient (Wildman–Crippen LogP) is 6.13. The van der Waals surface area contributed by atoms with Crippen molar-refractivity contribution >= 4 is 46.4 Å². The topological polar surface area (TPSA) is 40.6 Å². The quantitative estimate of drug-likeness (QED) is 0.393. The number of carbonyl (C=O) groups is 2. The third-order valence-corrected chi connectivity index (χ3v) is 6.09. The molecule has 0 radical (unpaired) electrons. The maximum atomic E-state index is 13.3. The number of thiophene rings is 1. The van der Waals surface area contributed by atoms with Gasteiger partial charge in [0.15, 0.2) is 0 Å². The van der Waals surface area contributed by atoms with Gasteiger partial charge >= 0.3 is 0 Å². The molecule has 31 heavy (non-hydrogen) atoms. The molecule has 4 nitrogen and oxygen atoms in total. The molecule has 0 fully saturated rings. The highest BCUT2D eigenvalue weighted by Crippen LogP contribution is 2.21. The largest absolute Gasteiger partial charge is 0.332 e. The Bertz CT molecular complexity index is 1000. The third-order valence-electron chi connectivity index (χ3n) is 4.80. The minimum absolute atomic E-state index is 0.0289. The van der Waals surface area contributed by atoms with Crippen molar-refractivity contribution in [2.24, 2.45) is 0 Å². The Hall–Kier alpha value is -2.34. The van der Waals surface area contributed by atoms with Crippen LogP contribution in [0.15, 0.2) is 66.0 Å². The fraction of sp³-hybridized carbons (Fsp3) is 0.250. The SMILES string of the molecule is CC(C)N(CC(=O)N(Cc1ccccc1)Cc1cccs1)C(=O)c1cc(Cl)cc(Cl)c1. The first kappa shape index (κ1) is 23.3. The van der Waals surface area contributed by atoms with E-state index in [1.807, 2.05) is 61.7 Å². The molecule has 1 aromatic heterocycles. The first-order valence-corrected chi connectivity index (χ1v) is 11.6. The summed E-state index contributed by atoms with van der Waals surface area (Å²) < 4.78 is 0. The van der Waals surface area contributed by atoms with Crippen molar-refractivity contribution < 1.29 is 9.59 Å². The molecule has 0 saturated heterocycles. The van der Waals surface area contributed by atoms with Crippen LogP contribution in [0.3, 0.4) is 0 Å². The molecular formula is C24H24Cl2N2O2S. The van der Waals surface area contributed by atoms with E-state index in [9.17, 15) is 9.59 Å². The standard InChI is InChI=1S/C24H24Cl2N2O2S/c1-17(2)28(24(30)19-11-20(25)13-21(26)12-19)16-23(29)27(15-22-9-6-10-31-22)14-18-7-4-3-5-8-18/h3-13,17H,14-16H2,1-2H3. The molecule has 3 rings (SSSR count). The molecule has 0 aliphatic carbocycles. The Kier molecular flexibility index (Phi) is 8.13. The van der Waals surface area contributed by atoms with E-state index in [2.05, 4.69) is 0 Å². The molecule has 0 aliphatic rings. The zero-order chi connectivity index (χ0) is 22.4. The smallest absolute Gasteiger partial charge is 0.254 e. The van der Waals surface area contributed by atoms with Gasteiger partial charge in [0, 0.05) is 33.1 Å². The van der Waals surface area contributed by atoms with Gasteiger partial charge in [-0.2, -0.15) is 0 Å². The van der Waals surface area contributed by atoms with E-state index >= 15 is 0 Å². The molecule has 0 aliphatic heterocycles. The highest BCUT2D eigenvalue weighted by Gasteiger charge is 2.25. The minimum Gasteiger partial charge on any atom is -0.332 e. The van der Waals surface area contributed by atoms with Crippen LogP contribution in [0.25, 0.3) is 0 Å². The second kappa shape index (κ2) is 10.8. The second-order valence-corrected chi connectivity index (χ2v) is 9.40. The summed E-state index contributed by atoms with van der Waals surface area (Å²) in [4.78, 5) is 30.9. The lowest BCUT2D eigenvalue weighted by Crippen LogP contribution is -2.45. The van der Waals surface area contributed by atoms with Gasteiger partial charge in [-0.3, -0.25) is 9.59 Å². The van der Waals surface area contributed by atoms with Gasteiger partial charge in [-0.05, 0) is 49.1 Å².